The van der Waals surface area contributed by atoms with Gasteiger partial charge in [-0.3, -0.25) is 0 Å². The molecule has 9 heavy (non-hydrogen) atoms. The summed E-state index contributed by atoms with van der Waals surface area (Å²) in [6.07, 6.45) is 0. The van der Waals surface area contributed by atoms with Crippen LogP contribution >= 0.6 is 50.5 Å². The molecule has 0 N–H and O–H groups in total. The Bertz CT molecular complexity index is 55.5. The van der Waals surface area contributed by atoms with Gasteiger partial charge in [-0.2, -0.15) is 50.5 Å². The van der Waals surface area contributed by atoms with Crippen LogP contribution in [0.25, 0.3) is 0 Å². The van der Waals surface area contributed by atoms with Gasteiger partial charge in [-0.15, -0.1) is 0 Å². The van der Waals surface area contributed by atoms with Crippen molar-refractivity contribution >= 4 is 58.6 Å². The molecule has 0 unspecified atom stereocenters. The van der Waals surface area contributed by atoms with E-state index < -0.39 is 8.07 Å². The second-order valence-electron chi connectivity index (χ2n) is 2.13. The molecular formula is C4H12S4Si. The first-order valence-electron chi connectivity index (χ1n) is 2.68. The predicted molar refractivity (Wildman–Crippen MR) is 61.2 cm³/mol. The largest absolute Gasteiger partial charge is 0.182 e. The van der Waals surface area contributed by atoms with Crippen molar-refractivity contribution in [3.8, 4) is 0 Å². The van der Waals surface area contributed by atoms with E-state index in [4.69, 9.17) is 0 Å². The van der Waals surface area contributed by atoms with Crippen molar-refractivity contribution in [1.29, 1.82) is 0 Å². The van der Waals surface area contributed by atoms with Gasteiger partial charge in [-0.05, 0) is 21.5 Å². The lowest BCUT2D eigenvalue weighted by Crippen LogP contribution is -2.45. The van der Waals surface area contributed by atoms with E-state index >= 15 is 0 Å². The number of thiol groups is 4. The maximum Gasteiger partial charge on any atom is 0.0920 e. The Morgan fingerprint density at radius 2 is 0.889 bits per heavy atom. The maximum atomic E-state index is 4.26. The Morgan fingerprint density at radius 1 is 0.667 bits per heavy atom. The standard InChI is InChI=1S/C4H12S4Si/c5-1-9(2-6,3-7)4-8/h5-8H,1-4H2. The molecule has 0 saturated carbocycles. The van der Waals surface area contributed by atoms with E-state index in [1.54, 1.807) is 0 Å². The van der Waals surface area contributed by atoms with Crippen LogP contribution in [0, 0.1) is 0 Å². The summed E-state index contributed by atoms with van der Waals surface area (Å²) >= 11 is 17.0. The molecule has 56 valence electrons. The minimum atomic E-state index is -1.23. The maximum absolute atomic E-state index is 4.26. The van der Waals surface area contributed by atoms with Gasteiger partial charge in [-0.25, -0.2) is 0 Å². The summed E-state index contributed by atoms with van der Waals surface area (Å²) in [7, 11) is -1.23. The highest BCUT2D eigenvalue weighted by Crippen LogP contribution is 2.10. The second kappa shape index (κ2) is 5.29. The van der Waals surface area contributed by atoms with Gasteiger partial charge in [0.25, 0.3) is 0 Å². The molecule has 0 radical (unpaired) electrons. The quantitative estimate of drug-likeness (QED) is 0.395. The normalized spacial score (nSPS) is 12.0. The SMILES string of the molecule is SC[Si](CS)(CS)CS. The molecule has 0 bridgehead atoms. The zero-order valence-corrected chi connectivity index (χ0v) is 9.69. The van der Waals surface area contributed by atoms with Crippen LogP contribution in [0.2, 0.25) is 0 Å². The van der Waals surface area contributed by atoms with Gasteiger partial charge >= 0.3 is 0 Å². The molecule has 0 fully saturated rings. The fraction of sp³-hybridized carbons (Fsp3) is 1.00. The average Bonchev–Trinajstić information content (AvgIpc) is 1.95. The van der Waals surface area contributed by atoms with Crippen LogP contribution < -0.4 is 0 Å². The van der Waals surface area contributed by atoms with Crippen LogP contribution in [-0.2, 0) is 0 Å². The Kier molecular flexibility index (Phi) is 6.24. The molecule has 0 heterocycles. The highest BCUT2D eigenvalue weighted by molar-refractivity contribution is 7.90. The van der Waals surface area contributed by atoms with Crippen LogP contribution in [0.15, 0.2) is 0 Å². The van der Waals surface area contributed by atoms with E-state index in [-0.39, 0.29) is 0 Å². The highest BCUT2D eigenvalue weighted by Gasteiger charge is 2.26. The summed E-state index contributed by atoms with van der Waals surface area (Å²) in [5.41, 5.74) is 0. The molecule has 0 aliphatic rings. The Morgan fingerprint density at radius 3 is 0.889 bits per heavy atom. The minimum Gasteiger partial charge on any atom is -0.182 e. The minimum absolute atomic E-state index is 0.948. The van der Waals surface area contributed by atoms with Crippen molar-refractivity contribution in [2.75, 3.05) is 21.5 Å². The zero-order valence-electron chi connectivity index (χ0n) is 5.12. The average molecular weight is 216 g/mol. The molecule has 5 heteroatoms. The molecule has 0 aliphatic heterocycles. The second-order valence-corrected chi connectivity index (χ2v) is 10.2. The lowest BCUT2D eigenvalue weighted by Gasteiger charge is -2.23. The molecule has 0 amide bonds. The van der Waals surface area contributed by atoms with E-state index in [9.17, 15) is 0 Å². The van der Waals surface area contributed by atoms with Crippen molar-refractivity contribution in [1.82, 2.24) is 0 Å². The third-order valence-corrected chi connectivity index (χ3v) is 12.1. The molecule has 0 nitrogen and oxygen atoms in total. The van der Waals surface area contributed by atoms with Crippen LogP contribution in [-0.4, -0.2) is 29.6 Å². The van der Waals surface area contributed by atoms with Crippen molar-refractivity contribution in [2.24, 2.45) is 0 Å². The van der Waals surface area contributed by atoms with Crippen LogP contribution in [0.4, 0.5) is 0 Å². The van der Waals surface area contributed by atoms with Gasteiger partial charge in [0.05, 0.1) is 8.07 Å². The van der Waals surface area contributed by atoms with E-state index in [1.807, 2.05) is 0 Å². The van der Waals surface area contributed by atoms with E-state index in [2.05, 4.69) is 50.5 Å². The van der Waals surface area contributed by atoms with Gasteiger partial charge in [0.15, 0.2) is 0 Å². The Balaban J connectivity index is 3.82. The third-order valence-electron chi connectivity index (χ3n) is 1.34. The smallest absolute Gasteiger partial charge is 0.0920 e. The molecule has 0 rings (SSSR count). The summed E-state index contributed by atoms with van der Waals surface area (Å²) < 4.78 is 0. The molecule has 0 aromatic heterocycles. The van der Waals surface area contributed by atoms with Gasteiger partial charge < -0.3 is 0 Å². The fourth-order valence-corrected chi connectivity index (χ4v) is 8.10. The van der Waals surface area contributed by atoms with Crippen LogP contribution in [0.1, 0.15) is 0 Å². The fourth-order valence-electron chi connectivity index (χ4n) is 0.300. The molecule has 0 saturated heterocycles. The lowest BCUT2D eigenvalue weighted by molar-refractivity contribution is 1.62. The molecule has 0 aromatic carbocycles. The summed E-state index contributed by atoms with van der Waals surface area (Å²) in [5.74, 6) is 0. The van der Waals surface area contributed by atoms with Crippen molar-refractivity contribution < 1.29 is 0 Å². The van der Waals surface area contributed by atoms with Crippen molar-refractivity contribution in [3.63, 3.8) is 0 Å². The Labute approximate surface area is 79.8 Å². The van der Waals surface area contributed by atoms with Crippen LogP contribution in [0.5, 0.6) is 0 Å². The highest BCUT2D eigenvalue weighted by atomic mass is 32.1. The zero-order chi connectivity index (χ0) is 7.33. The first kappa shape index (κ1) is 10.6. The molecule has 0 aromatic rings. The van der Waals surface area contributed by atoms with Gasteiger partial charge in [-0.1, -0.05) is 0 Å². The van der Waals surface area contributed by atoms with Crippen LogP contribution in [0.3, 0.4) is 0 Å². The predicted octanol–water partition coefficient (Wildman–Crippen LogP) is 1.31. The molecule has 0 aliphatic carbocycles. The summed E-state index contributed by atoms with van der Waals surface area (Å²) in [6.45, 7) is 0. The van der Waals surface area contributed by atoms with Crippen molar-refractivity contribution in [3.05, 3.63) is 0 Å². The third kappa shape index (κ3) is 3.01. The van der Waals surface area contributed by atoms with Gasteiger partial charge in [0, 0.05) is 0 Å². The first-order valence-corrected chi connectivity index (χ1v) is 8.04. The van der Waals surface area contributed by atoms with Gasteiger partial charge in [0.1, 0.15) is 0 Å². The summed E-state index contributed by atoms with van der Waals surface area (Å²) in [4.78, 5) is 0. The first-order chi connectivity index (χ1) is 4.24. The topological polar surface area (TPSA) is 0 Å². The molecule has 0 spiro atoms. The van der Waals surface area contributed by atoms with E-state index in [1.165, 1.54) is 0 Å². The number of hydrogen-bond acceptors (Lipinski definition) is 4. The Hall–Kier alpha value is 1.62. The van der Waals surface area contributed by atoms with E-state index in [0.717, 1.165) is 21.5 Å². The van der Waals surface area contributed by atoms with E-state index in [0.29, 0.717) is 0 Å². The van der Waals surface area contributed by atoms with Gasteiger partial charge in [0.2, 0.25) is 0 Å². The lowest BCUT2D eigenvalue weighted by atomic mass is 11.7. The molecule has 0 atom stereocenters. The number of rotatable bonds is 4. The molecular weight excluding hydrogens is 204 g/mol. The van der Waals surface area contributed by atoms with Crippen molar-refractivity contribution in [2.45, 2.75) is 0 Å². The monoisotopic (exact) mass is 216 g/mol. The summed E-state index contributed by atoms with van der Waals surface area (Å²) in [6, 6.07) is 0. The number of hydrogen-bond donors (Lipinski definition) is 4. The summed E-state index contributed by atoms with van der Waals surface area (Å²) in [5, 5.41) is 3.79.